The van der Waals surface area contributed by atoms with Gasteiger partial charge in [0, 0.05) is 5.56 Å². The molecule has 0 atom stereocenters. The molecule has 0 saturated heterocycles. The van der Waals surface area contributed by atoms with E-state index in [1.165, 1.54) is 5.56 Å². The smallest absolute Gasteiger partial charge is 0.252 e. The lowest BCUT2D eigenvalue weighted by molar-refractivity contribution is 0.108. The van der Waals surface area contributed by atoms with Crippen molar-refractivity contribution < 1.29 is 4.79 Å². The summed E-state index contributed by atoms with van der Waals surface area (Å²) < 4.78 is 0. The van der Waals surface area contributed by atoms with Crippen molar-refractivity contribution in [2.24, 2.45) is 5.92 Å². The zero-order valence-electron chi connectivity index (χ0n) is 7.88. The Bertz CT molecular complexity index is 287. The zero-order chi connectivity index (χ0) is 9.84. The molecule has 2 heteroatoms. The predicted octanol–water partition coefficient (Wildman–Crippen LogP) is 3.26. The molecule has 70 valence electrons. The Morgan fingerprint density at radius 2 is 1.85 bits per heavy atom. The number of hydrogen-bond donors (Lipinski definition) is 0. The first-order valence-electron chi connectivity index (χ1n) is 4.38. The van der Waals surface area contributed by atoms with E-state index in [0.717, 1.165) is 6.42 Å². The van der Waals surface area contributed by atoms with E-state index in [2.05, 4.69) is 13.8 Å². The summed E-state index contributed by atoms with van der Waals surface area (Å²) in [4.78, 5) is 10.7. The van der Waals surface area contributed by atoms with Gasteiger partial charge in [0.05, 0.1) is 0 Å². The SMILES string of the molecule is CC(C)Cc1ccc(C(=O)Cl)cc1. The van der Waals surface area contributed by atoms with Crippen molar-refractivity contribution in [3.8, 4) is 0 Å². The van der Waals surface area contributed by atoms with E-state index in [9.17, 15) is 4.79 Å². The molecule has 0 amide bonds. The molecule has 0 aliphatic carbocycles. The monoisotopic (exact) mass is 196 g/mol. The number of rotatable bonds is 3. The van der Waals surface area contributed by atoms with Gasteiger partial charge in [0.1, 0.15) is 0 Å². The molecule has 0 bridgehead atoms. The molecule has 0 heterocycles. The maximum Gasteiger partial charge on any atom is 0.252 e. The van der Waals surface area contributed by atoms with E-state index in [1.807, 2.05) is 12.1 Å². The third kappa shape index (κ3) is 3.19. The van der Waals surface area contributed by atoms with Gasteiger partial charge in [0.15, 0.2) is 0 Å². The highest BCUT2D eigenvalue weighted by molar-refractivity contribution is 6.67. The summed E-state index contributed by atoms with van der Waals surface area (Å²) in [6.07, 6.45) is 1.04. The Hall–Kier alpha value is -0.820. The molecule has 0 radical (unpaired) electrons. The van der Waals surface area contributed by atoms with Gasteiger partial charge < -0.3 is 0 Å². The second-order valence-corrected chi connectivity index (χ2v) is 3.91. The quantitative estimate of drug-likeness (QED) is 0.679. The van der Waals surface area contributed by atoms with Gasteiger partial charge in [0.2, 0.25) is 0 Å². The van der Waals surface area contributed by atoms with E-state index >= 15 is 0 Å². The molecule has 0 aromatic heterocycles. The molecule has 1 aromatic carbocycles. The summed E-state index contributed by atoms with van der Waals surface area (Å²) in [5.74, 6) is 0.637. The second kappa shape index (κ2) is 4.43. The van der Waals surface area contributed by atoms with Crippen LogP contribution in [0, 0.1) is 5.92 Å². The Morgan fingerprint density at radius 1 is 1.31 bits per heavy atom. The van der Waals surface area contributed by atoms with Gasteiger partial charge in [-0.05, 0) is 41.6 Å². The molecule has 0 saturated carbocycles. The molecule has 1 nitrogen and oxygen atoms in total. The van der Waals surface area contributed by atoms with E-state index in [4.69, 9.17) is 11.6 Å². The maximum atomic E-state index is 10.7. The van der Waals surface area contributed by atoms with Gasteiger partial charge in [-0.2, -0.15) is 0 Å². The van der Waals surface area contributed by atoms with Crippen LogP contribution in [0.4, 0.5) is 0 Å². The van der Waals surface area contributed by atoms with E-state index < -0.39 is 5.24 Å². The van der Waals surface area contributed by atoms with Gasteiger partial charge >= 0.3 is 0 Å². The largest absolute Gasteiger partial charge is 0.276 e. The summed E-state index contributed by atoms with van der Waals surface area (Å²) in [6, 6.07) is 7.45. The summed E-state index contributed by atoms with van der Waals surface area (Å²) in [6.45, 7) is 4.33. The first-order valence-corrected chi connectivity index (χ1v) is 4.76. The average molecular weight is 197 g/mol. The first kappa shape index (κ1) is 10.3. The molecule has 0 spiro atoms. The van der Waals surface area contributed by atoms with Crippen LogP contribution >= 0.6 is 11.6 Å². The highest BCUT2D eigenvalue weighted by Gasteiger charge is 2.01. The first-order chi connectivity index (χ1) is 6.09. The Kier molecular flexibility index (Phi) is 3.49. The normalized spacial score (nSPS) is 10.5. The summed E-state index contributed by atoms with van der Waals surface area (Å²) >= 11 is 5.32. The number of halogens is 1. The topological polar surface area (TPSA) is 17.1 Å². The van der Waals surface area contributed by atoms with Crippen LogP contribution in [0.5, 0.6) is 0 Å². The number of hydrogen-bond acceptors (Lipinski definition) is 1. The van der Waals surface area contributed by atoms with Crippen LogP contribution in [0.25, 0.3) is 0 Å². The van der Waals surface area contributed by atoms with Crippen LogP contribution < -0.4 is 0 Å². The highest BCUT2D eigenvalue weighted by atomic mass is 35.5. The van der Waals surface area contributed by atoms with Crippen LogP contribution in [-0.2, 0) is 6.42 Å². The lowest BCUT2D eigenvalue weighted by Gasteiger charge is -2.04. The minimum Gasteiger partial charge on any atom is -0.276 e. The second-order valence-electron chi connectivity index (χ2n) is 3.57. The van der Waals surface area contributed by atoms with Crippen LogP contribution in [0.3, 0.4) is 0 Å². The van der Waals surface area contributed by atoms with Crippen molar-refractivity contribution in [3.63, 3.8) is 0 Å². The Balaban J connectivity index is 2.75. The van der Waals surface area contributed by atoms with Crippen molar-refractivity contribution in [3.05, 3.63) is 35.4 Å². The lowest BCUT2D eigenvalue weighted by Crippen LogP contribution is -1.95. The van der Waals surface area contributed by atoms with Gasteiger partial charge in [-0.1, -0.05) is 26.0 Å². The minimum absolute atomic E-state index is 0.393. The van der Waals surface area contributed by atoms with Crippen LogP contribution in [-0.4, -0.2) is 5.24 Å². The minimum atomic E-state index is -0.393. The summed E-state index contributed by atoms with van der Waals surface area (Å²) in [5, 5.41) is -0.393. The van der Waals surface area contributed by atoms with Crippen molar-refractivity contribution in [1.29, 1.82) is 0 Å². The molecule has 0 N–H and O–H groups in total. The summed E-state index contributed by atoms with van der Waals surface area (Å²) in [5.41, 5.74) is 1.81. The van der Waals surface area contributed by atoms with Crippen LogP contribution in [0.15, 0.2) is 24.3 Å². The van der Waals surface area contributed by atoms with Crippen molar-refractivity contribution in [2.45, 2.75) is 20.3 Å². The average Bonchev–Trinajstić information content (AvgIpc) is 2.04. The van der Waals surface area contributed by atoms with Gasteiger partial charge in [-0.15, -0.1) is 0 Å². The third-order valence-corrected chi connectivity index (χ3v) is 2.04. The fourth-order valence-electron chi connectivity index (χ4n) is 1.24. The van der Waals surface area contributed by atoms with Gasteiger partial charge in [-0.3, -0.25) is 4.79 Å². The van der Waals surface area contributed by atoms with E-state index in [1.54, 1.807) is 12.1 Å². The van der Waals surface area contributed by atoms with Crippen molar-refractivity contribution in [2.75, 3.05) is 0 Å². The number of carbonyl (C=O) groups is 1. The Morgan fingerprint density at radius 3 is 2.23 bits per heavy atom. The standard InChI is InChI=1S/C11H13ClO/c1-8(2)7-9-3-5-10(6-4-9)11(12)13/h3-6,8H,7H2,1-2H3. The fourth-order valence-corrected chi connectivity index (χ4v) is 1.37. The van der Waals surface area contributed by atoms with Crippen molar-refractivity contribution >= 4 is 16.8 Å². The molecule has 1 aromatic rings. The molecule has 13 heavy (non-hydrogen) atoms. The number of carbonyl (C=O) groups excluding carboxylic acids is 1. The van der Waals surface area contributed by atoms with Crippen LogP contribution in [0.2, 0.25) is 0 Å². The maximum absolute atomic E-state index is 10.7. The zero-order valence-corrected chi connectivity index (χ0v) is 8.64. The highest BCUT2D eigenvalue weighted by Crippen LogP contribution is 2.10. The van der Waals surface area contributed by atoms with E-state index in [-0.39, 0.29) is 0 Å². The molecule has 0 aliphatic heterocycles. The van der Waals surface area contributed by atoms with Crippen molar-refractivity contribution in [1.82, 2.24) is 0 Å². The number of benzene rings is 1. The third-order valence-electron chi connectivity index (χ3n) is 1.82. The molecule has 0 aliphatic rings. The predicted molar refractivity (Wildman–Crippen MR) is 55.2 cm³/mol. The Labute approximate surface area is 83.7 Å². The molecular weight excluding hydrogens is 184 g/mol. The summed E-state index contributed by atoms with van der Waals surface area (Å²) in [7, 11) is 0. The van der Waals surface area contributed by atoms with Crippen LogP contribution in [0.1, 0.15) is 29.8 Å². The van der Waals surface area contributed by atoms with Gasteiger partial charge in [0.25, 0.3) is 5.24 Å². The van der Waals surface area contributed by atoms with Gasteiger partial charge in [-0.25, -0.2) is 0 Å². The fraction of sp³-hybridized carbons (Fsp3) is 0.364. The lowest BCUT2D eigenvalue weighted by atomic mass is 10.0. The molecule has 0 fully saturated rings. The van der Waals surface area contributed by atoms with E-state index in [0.29, 0.717) is 11.5 Å². The molecule has 0 unspecified atom stereocenters. The molecular formula is C11H13ClO. The molecule has 1 rings (SSSR count).